The number of thioether (sulfide) groups is 1. The summed E-state index contributed by atoms with van der Waals surface area (Å²) in [6.45, 7) is 5.13. The second kappa shape index (κ2) is 11.8. The summed E-state index contributed by atoms with van der Waals surface area (Å²) < 4.78 is 13.7. The predicted octanol–water partition coefficient (Wildman–Crippen LogP) is 8.05. The van der Waals surface area contributed by atoms with Crippen molar-refractivity contribution in [2.45, 2.75) is 33.0 Å². The van der Waals surface area contributed by atoms with Crippen molar-refractivity contribution in [3.05, 3.63) is 99.0 Å². The number of ether oxygens (including phenoxy) is 2. The average molecular weight is 582 g/mol. The Hall–Kier alpha value is -3.39. The molecule has 6 nitrogen and oxygen atoms in total. The fraction of sp³-hybridized carbons (Fsp3) is 0.200. The van der Waals surface area contributed by atoms with E-state index in [1.807, 2.05) is 68.6 Å². The topological polar surface area (TPSA) is 60.8 Å². The lowest BCUT2D eigenvalue weighted by molar-refractivity contribution is -0.123. The van der Waals surface area contributed by atoms with Gasteiger partial charge in [0.05, 0.1) is 24.1 Å². The molecular weight excluding hydrogens is 555 g/mol. The fourth-order valence-electron chi connectivity index (χ4n) is 4.32. The van der Waals surface area contributed by atoms with Crippen molar-refractivity contribution in [1.29, 1.82) is 0 Å². The lowest BCUT2D eigenvalue weighted by atomic mass is 10.1. The molecule has 4 aromatic rings. The molecule has 3 aromatic carbocycles. The number of nitrogens with zero attached hydrogens (tertiary/aromatic N) is 2. The minimum Gasteiger partial charge on any atom is -0.492 e. The Balaban J connectivity index is 1.31. The lowest BCUT2D eigenvalue weighted by Crippen LogP contribution is -2.27. The molecule has 1 fully saturated rings. The summed E-state index contributed by atoms with van der Waals surface area (Å²) in [5, 5.41) is 1.56. The van der Waals surface area contributed by atoms with Crippen LogP contribution in [0.1, 0.15) is 25.0 Å². The smallest absolute Gasteiger partial charge is 0.293 e. The molecule has 0 spiro atoms. The number of benzene rings is 3. The molecule has 1 aromatic heterocycles. The Morgan fingerprint density at radius 1 is 0.974 bits per heavy atom. The molecule has 200 valence electrons. The number of hydrogen-bond acceptors (Lipinski definition) is 5. The van der Waals surface area contributed by atoms with E-state index in [0.717, 1.165) is 39.7 Å². The Morgan fingerprint density at radius 2 is 1.72 bits per heavy atom. The molecule has 0 bridgehead atoms. The molecule has 0 unspecified atom stereocenters. The summed E-state index contributed by atoms with van der Waals surface area (Å²) in [7, 11) is 0. The van der Waals surface area contributed by atoms with Gasteiger partial charge in [-0.25, -0.2) is 0 Å². The molecule has 0 atom stereocenters. The Labute approximate surface area is 241 Å². The van der Waals surface area contributed by atoms with E-state index in [-0.39, 0.29) is 23.8 Å². The average Bonchev–Trinajstić information content (AvgIpc) is 3.38. The highest BCUT2D eigenvalue weighted by atomic mass is 35.5. The maximum absolute atomic E-state index is 13.2. The predicted molar refractivity (Wildman–Crippen MR) is 158 cm³/mol. The van der Waals surface area contributed by atoms with Crippen molar-refractivity contribution in [2.24, 2.45) is 0 Å². The zero-order valence-corrected chi connectivity index (χ0v) is 23.7. The van der Waals surface area contributed by atoms with Crippen LogP contribution in [0.15, 0.2) is 77.8 Å². The normalized spacial score (nSPS) is 14.7. The number of carbonyl (C=O) groups is 2. The van der Waals surface area contributed by atoms with E-state index in [0.29, 0.717) is 33.7 Å². The third-order valence-electron chi connectivity index (χ3n) is 6.12. The van der Waals surface area contributed by atoms with Gasteiger partial charge in [0.15, 0.2) is 0 Å². The van der Waals surface area contributed by atoms with Crippen molar-refractivity contribution in [3.8, 4) is 11.5 Å². The molecule has 0 aliphatic carbocycles. The molecule has 9 heteroatoms. The van der Waals surface area contributed by atoms with Crippen LogP contribution < -0.4 is 9.47 Å². The molecule has 0 saturated carbocycles. The molecule has 0 N–H and O–H groups in total. The molecule has 1 aliphatic rings. The first kappa shape index (κ1) is 27.2. The molecular formula is C30H26Cl2N2O4S. The number of imide groups is 1. The zero-order chi connectivity index (χ0) is 27.5. The van der Waals surface area contributed by atoms with Gasteiger partial charge < -0.3 is 14.0 Å². The largest absolute Gasteiger partial charge is 0.492 e. The van der Waals surface area contributed by atoms with Gasteiger partial charge in [0.25, 0.3) is 11.1 Å². The monoisotopic (exact) mass is 580 g/mol. The van der Waals surface area contributed by atoms with Crippen molar-refractivity contribution in [1.82, 2.24) is 9.47 Å². The van der Waals surface area contributed by atoms with Gasteiger partial charge in [0.2, 0.25) is 0 Å². The number of aromatic nitrogens is 1. The molecule has 39 heavy (non-hydrogen) atoms. The molecule has 2 heterocycles. The molecule has 0 radical (unpaired) electrons. The van der Waals surface area contributed by atoms with Crippen LogP contribution in [0, 0.1) is 0 Å². The van der Waals surface area contributed by atoms with Crippen LogP contribution in [-0.4, -0.2) is 33.3 Å². The van der Waals surface area contributed by atoms with Gasteiger partial charge >= 0.3 is 0 Å². The number of halogens is 2. The van der Waals surface area contributed by atoms with Crippen LogP contribution in [0.5, 0.6) is 11.5 Å². The van der Waals surface area contributed by atoms with Crippen molar-refractivity contribution < 1.29 is 19.1 Å². The lowest BCUT2D eigenvalue weighted by Gasteiger charge is -2.13. The first-order valence-corrected chi connectivity index (χ1v) is 14.0. The molecule has 1 aliphatic heterocycles. The van der Waals surface area contributed by atoms with E-state index in [9.17, 15) is 9.59 Å². The third-order valence-corrected chi connectivity index (χ3v) is 7.61. The SMILES string of the molecule is CC(C)Oc1ccc(OCCn2cc(/C=C3\SC(=O)N(Cc4ccc(Cl)cc4Cl)C3=O)c3ccccc32)cc1. The minimum atomic E-state index is -0.346. The summed E-state index contributed by atoms with van der Waals surface area (Å²) in [6, 6.07) is 20.5. The van der Waals surface area contributed by atoms with Gasteiger partial charge in [-0.1, -0.05) is 47.5 Å². The van der Waals surface area contributed by atoms with Crippen molar-refractivity contribution in [3.63, 3.8) is 0 Å². The highest BCUT2D eigenvalue weighted by Gasteiger charge is 2.35. The highest BCUT2D eigenvalue weighted by Crippen LogP contribution is 2.36. The van der Waals surface area contributed by atoms with Gasteiger partial charge in [0, 0.05) is 32.7 Å². The second-order valence-corrected chi connectivity index (χ2v) is 11.1. The molecule has 5 rings (SSSR count). The number of carbonyl (C=O) groups excluding carboxylic acids is 2. The van der Waals surface area contributed by atoms with E-state index >= 15 is 0 Å². The summed E-state index contributed by atoms with van der Waals surface area (Å²) in [5.41, 5.74) is 2.53. The minimum absolute atomic E-state index is 0.0850. The van der Waals surface area contributed by atoms with Gasteiger partial charge in [-0.15, -0.1) is 0 Å². The first-order valence-electron chi connectivity index (χ1n) is 12.4. The van der Waals surface area contributed by atoms with Crippen LogP contribution in [0.2, 0.25) is 10.0 Å². The number of amides is 2. The maximum atomic E-state index is 13.2. The van der Waals surface area contributed by atoms with E-state index in [1.54, 1.807) is 24.3 Å². The van der Waals surface area contributed by atoms with Crippen LogP contribution in [0.4, 0.5) is 4.79 Å². The highest BCUT2D eigenvalue weighted by molar-refractivity contribution is 8.18. The summed E-state index contributed by atoms with van der Waals surface area (Å²) in [5.74, 6) is 1.22. The van der Waals surface area contributed by atoms with Gasteiger partial charge in [0.1, 0.15) is 18.1 Å². The van der Waals surface area contributed by atoms with Gasteiger partial charge in [-0.05, 0) is 79.7 Å². The molecule has 1 saturated heterocycles. The second-order valence-electron chi connectivity index (χ2n) is 9.29. The van der Waals surface area contributed by atoms with Crippen molar-refractivity contribution in [2.75, 3.05) is 6.61 Å². The molecule has 2 amide bonds. The van der Waals surface area contributed by atoms with E-state index < -0.39 is 0 Å². The van der Waals surface area contributed by atoms with Crippen LogP contribution in [0.25, 0.3) is 17.0 Å². The van der Waals surface area contributed by atoms with Crippen LogP contribution in [-0.2, 0) is 17.9 Å². The number of para-hydroxylation sites is 1. The summed E-state index contributed by atoms with van der Waals surface area (Å²) in [6.07, 6.45) is 3.88. The Morgan fingerprint density at radius 3 is 2.46 bits per heavy atom. The number of hydrogen-bond donors (Lipinski definition) is 0. The Bertz CT molecular complexity index is 1560. The zero-order valence-electron chi connectivity index (χ0n) is 21.4. The van der Waals surface area contributed by atoms with Crippen molar-refractivity contribution >= 4 is 63.1 Å². The van der Waals surface area contributed by atoms with Crippen LogP contribution in [0.3, 0.4) is 0 Å². The van der Waals surface area contributed by atoms with E-state index in [1.165, 1.54) is 4.90 Å². The maximum Gasteiger partial charge on any atom is 0.293 e. The summed E-state index contributed by atoms with van der Waals surface area (Å²) in [4.78, 5) is 27.5. The van der Waals surface area contributed by atoms with E-state index in [4.69, 9.17) is 32.7 Å². The first-order chi connectivity index (χ1) is 18.8. The number of fused-ring (bicyclic) bond motifs is 1. The fourth-order valence-corrected chi connectivity index (χ4v) is 5.62. The number of rotatable bonds is 9. The Kier molecular flexibility index (Phi) is 8.21. The quantitative estimate of drug-likeness (QED) is 0.187. The summed E-state index contributed by atoms with van der Waals surface area (Å²) >= 11 is 13.2. The third kappa shape index (κ3) is 6.27. The standard InChI is InChI=1S/C30H26Cl2N2O4S/c1-19(2)38-24-11-9-23(10-12-24)37-14-13-33-17-21(25-5-3-4-6-27(25)33)15-28-29(35)34(30(36)39-28)18-20-7-8-22(31)16-26(20)32/h3-12,15-17,19H,13-14,18H2,1-2H3/b28-15-. The van der Waals surface area contributed by atoms with E-state index in [2.05, 4.69) is 4.57 Å². The van der Waals surface area contributed by atoms with Crippen LogP contribution >= 0.6 is 35.0 Å². The van der Waals surface area contributed by atoms with Gasteiger partial charge in [-0.2, -0.15) is 0 Å². The van der Waals surface area contributed by atoms with Gasteiger partial charge in [-0.3, -0.25) is 14.5 Å².